The van der Waals surface area contributed by atoms with E-state index in [1.165, 1.54) is 4.57 Å². The van der Waals surface area contributed by atoms with Crippen LogP contribution in [0.2, 0.25) is 0 Å². The van der Waals surface area contributed by atoms with Crippen molar-refractivity contribution in [1.82, 2.24) is 9.55 Å². The summed E-state index contributed by atoms with van der Waals surface area (Å²) < 4.78 is 6.84. The zero-order chi connectivity index (χ0) is 14.2. The molecule has 7 heteroatoms. The van der Waals surface area contributed by atoms with Crippen molar-refractivity contribution in [1.29, 1.82) is 0 Å². The maximum absolute atomic E-state index is 11.8. The largest absolute Gasteiger partial charge is 0.477 e. The molecular weight excluding hydrogens is 252 g/mol. The summed E-state index contributed by atoms with van der Waals surface area (Å²) in [6.07, 6.45) is 2.31. The number of aromatic carboxylic acids is 1. The normalized spacial score (nSPS) is 22.1. The Bertz CT molecular complexity index is 613. The highest BCUT2D eigenvalue weighted by Gasteiger charge is 2.30. The SMILES string of the molecule is CC1(C)CC(n2cc(C(=O)O)c(=O)[nH]c2=O)CCO1. The standard InChI is InChI=1S/C12H16N2O5/c1-12(2)5-7(3-4-19-12)14-6-8(10(16)17)9(15)13-11(14)18/h6-7H,3-5H2,1-2H3,(H,16,17)(H,13,15,18). The first-order valence-electron chi connectivity index (χ1n) is 6.03. The fourth-order valence-electron chi connectivity index (χ4n) is 2.35. The highest BCUT2D eigenvalue weighted by atomic mass is 16.5. The molecule has 1 atom stereocenters. The number of carboxylic acid groups (broad SMARTS) is 1. The molecule has 19 heavy (non-hydrogen) atoms. The Labute approximate surface area is 108 Å². The van der Waals surface area contributed by atoms with Crippen molar-refractivity contribution in [2.24, 2.45) is 0 Å². The molecule has 1 aromatic rings. The molecule has 0 saturated carbocycles. The third kappa shape index (κ3) is 2.76. The number of hydrogen-bond acceptors (Lipinski definition) is 4. The predicted molar refractivity (Wildman–Crippen MR) is 66.6 cm³/mol. The van der Waals surface area contributed by atoms with Crippen molar-refractivity contribution in [2.75, 3.05) is 6.61 Å². The van der Waals surface area contributed by atoms with Crippen molar-refractivity contribution in [3.8, 4) is 0 Å². The van der Waals surface area contributed by atoms with Gasteiger partial charge in [0.2, 0.25) is 0 Å². The van der Waals surface area contributed by atoms with E-state index in [1.54, 1.807) is 0 Å². The number of ether oxygens (including phenoxy) is 1. The molecule has 2 rings (SSSR count). The maximum Gasteiger partial charge on any atom is 0.342 e. The summed E-state index contributed by atoms with van der Waals surface area (Å²) in [6, 6.07) is -0.175. The van der Waals surface area contributed by atoms with Crippen LogP contribution in [0, 0.1) is 0 Å². The Morgan fingerprint density at radius 1 is 1.53 bits per heavy atom. The summed E-state index contributed by atoms with van der Waals surface area (Å²) in [6.45, 7) is 4.31. The minimum absolute atomic E-state index is 0.175. The van der Waals surface area contributed by atoms with Crippen molar-refractivity contribution in [2.45, 2.75) is 38.3 Å². The van der Waals surface area contributed by atoms with E-state index in [4.69, 9.17) is 9.84 Å². The molecule has 1 aliphatic rings. The molecule has 1 unspecified atom stereocenters. The van der Waals surface area contributed by atoms with Crippen LogP contribution in [0.25, 0.3) is 0 Å². The molecule has 104 valence electrons. The Morgan fingerprint density at radius 2 is 2.21 bits per heavy atom. The Kier molecular flexibility index (Phi) is 3.32. The van der Waals surface area contributed by atoms with Gasteiger partial charge in [-0.2, -0.15) is 0 Å². The first-order valence-corrected chi connectivity index (χ1v) is 6.03. The molecule has 1 aromatic heterocycles. The van der Waals surface area contributed by atoms with Gasteiger partial charge < -0.3 is 9.84 Å². The minimum Gasteiger partial charge on any atom is -0.477 e. The molecule has 2 heterocycles. The van der Waals surface area contributed by atoms with E-state index in [0.29, 0.717) is 19.4 Å². The second-order valence-electron chi connectivity index (χ2n) is 5.27. The van der Waals surface area contributed by atoms with Crippen LogP contribution in [-0.4, -0.2) is 32.8 Å². The highest BCUT2D eigenvalue weighted by Crippen LogP contribution is 2.30. The number of nitrogens with zero attached hydrogens (tertiary/aromatic N) is 1. The lowest BCUT2D eigenvalue weighted by Crippen LogP contribution is -2.41. The number of carboxylic acids is 1. The van der Waals surface area contributed by atoms with Gasteiger partial charge in [-0.15, -0.1) is 0 Å². The maximum atomic E-state index is 11.8. The smallest absolute Gasteiger partial charge is 0.342 e. The summed E-state index contributed by atoms with van der Waals surface area (Å²) in [5.74, 6) is -1.35. The number of H-pyrrole nitrogens is 1. The van der Waals surface area contributed by atoms with Gasteiger partial charge in [-0.05, 0) is 26.7 Å². The first-order chi connectivity index (χ1) is 8.80. The molecule has 1 aliphatic heterocycles. The molecule has 1 fully saturated rings. The van der Waals surface area contributed by atoms with E-state index < -0.39 is 22.8 Å². The van der Waals surface area contributed by atoms with Gasteiger partial charge in [-0.1, -0.05) is 0 Å². The number of rotatable bonds is 2. The van der Waals surface area contributed by atoms with Crippen molar-refractivity contribution >= 4 is 5.97 Å². The quantitative estimate of drug-likeness (QED) is 0.806. The van der Waals surface area contributed by atoms with Gasteiger partial charge in [0.05, 0.1) is 5.60 Å². The van der Waals surface area contributed by atoms with Crippen LogP contribution in [0.5, 0.6) is 0 Å². The second-order valence-corrected chi connectivity index (χ2v) is 5.27. The van der Waals surface area contributed by atoms with Crippen molar-refractivity contribution in [3.63, 3.8) is 0 Å². The molecular formula is C12H16N2O5. The van der Waals surface area contributed by atoms with E-state index in [0.717, 1.165) is 6.20 Å². The van der Waals surface area contributed by atoms with Gasteiger partial charge in [-0.25, -0.2) is 9.59 Å². The zero-order valence-corrected chi connectivity index (χ0v) is 10.8. The molecule has 2 N–H and O–H groups in total. The van der Waals surface area contributed by atoms with Crippen LogP contribution >= 0.6 is 0 Å². The number of aromatic nitrogens is 2. The number of hydrogen-bond donors (Lipinski definition) is 2. The summed E-state index contributed by atoms with van der Waals surface area (Å²) in [4.78, 5) is 36.1. The number of aromatic amines is 1. The average Bonchev–Trinajstić information content (AvgIpc) is 2.26. The highest BCUT2D eigenvalue weighted by molar-refractivity contribution is 5.86. The lowest BCUT2D eigenvalue weighted by atomic mass is 9.94. The van der Waals surface area contributed by atoms with Crippen LogP contribution in [0.3, 0.4) is 0 Å². The number of nitrogens with one attached hydrogen (secondary N) is 1. The molecule has 0 aliphatic carbocycles. The predicted octanol–water partition coefficient (Wildman–Crippen LogP) is 0.365. The van der Waals surface area contributed by atoms with E-state index in [9.17, 15) is 14.4 Å². The van der Waals surface area contributed by atoms with E-state index in [-0.39, 0.29) is 11.6 Å². The van der Waals surface area contributed by atoms with Gasteiger partial charge in [0.25, 0.3) is 5.56 Å². The molecule has 0 bridgehead atoms. The van der Waals surface area contributed by atoms with Crippen molar-refractivity contribution < 1.29 is 14.6 Å². The summed E-state index contributed by atoms with van der Waals surface area (Å²) in [5, 5.41) is 8.92. The van der Waals surface area contributed by atoms with Gasteiger partial charge in [0.15, 0.2) is 0 Å². The van der Waals surface area contributed by atoms with Crippen LogP contribution in [-0.2, 0) is 4.74 Å². The average molecular weight is 268 g/mol. The van der Waals surface area contributed by atoms with Gasteiger partial charge in [-0.3, -0.25) is 14.3 Å². The monoisotopic (exact) mass is 268 g/mol. The Hall–Kier alpha value is -1.89. The fourth-order valence-corrected chi connectivity index (χ4v) is 2.35. The van der Waals surface area contributed by atoms with Gasteiger partial charge in [0.1, 0.15) is 5.56 Å². The third-order valence-electron chi connectivity index (χ3n) is 3.26. The van der Waals surface area contributed by atoms with Gasteiger partial charge in [0, 0.05) is 18.8 Å². The number of carbonyl (C=O) groups is 1. The van der Waals surface area contributed by atoms with Crippen LogP contribution < -0.4 is 11.2 Å². The van der Waals surface area contributed by atoms with E-state index in [1.807, 2.05) is 18.8 Å². The van der Waals surface area contributed by atoms with E-state index >= 15 is 0 Å². The lowest BCUT2D eigenvalue weighted by Gasteiger charge is -2.36. The third-order valence-corrected chi connectivity index (χ3v) is 3.26. The second kappa shape index (κ2) is 4.65. The summed E-state index contributed by atoms with van der Waals surface area (Å²) in [7, 11) is 0. The molecule has 0 aromatic carbocycles. The Balaban J connectivity index is 2.45. The minimum atomic E-state index is -1.35. The molecule has 0 radical (unpaired) electrons. The molecule has 0 amide bonds. The topological polar surface area (TPSA) is 101 Å². The Morgan fingerprint density at radius 3 is 2.79 bits per heavy atom. The first kappa shape index (κ1) is 13.5. The van der Waals surface area contributed by atoms with Crippen LogP contribution in [0.4, 0.5) is 0 Å². The van der Waals surface area contributed by atoms with E-state index in [2.05, 4.69) is 0 Å². The van der Waals surface area contributed by atoms with Gasteiger partial charge >= 0.3 is 11.7 Å². The summed E-state index contributed by atoms with van der Waals surface area (Å²) in [5.41, 5.74) is -2.26. The van der Waals surface area contributed by atoms with Crippen molar-refractivity contribution in [3.05, 3.63) is 32.6 Å². The van der Waals surface area contributed by atoms with Crippen LogP contribution in [0.1, 0.15) is 43.1 Å². The molecule has 7 nitrogen and oxygen atoms in total. The fraction of sp³-hybridized carbons (Fsp3) is 0.583. The lowest BCUT2D eigenvalue weighted by molar-refractivity contribution is -0.0697. The zero-order valence-electron chi connectivity index (χ0n) is 10.8. The molecule has 1 saturated heterocycles. The van der Waals surface area contributed by atoms with Crippen LogP contribution in [0.15, 0.2) is 15.8 Å². The summed E-state index contributed by atoms with van der Waals surface area (Å²) >= 11 is 0. The molecule has 0 spiro atoms.